The zero-order valence-corrected chi connectivity index (χ0v) is 12.5. The van der Waals surface area contributed by atoms with Gasteiger partial charge in [0.15, 0.2) is 0 Å². The summed E-state index contributed by atoms with van der Waals surface area (Å²) in [5.41, 5.74) is 2.68. The molecule has 3 heteroatoms. The molecule has 1 aliphatic carbocycles. The van der Waals surface area contributed by atoms with Crippen molar-refractivity contribution in [3.8, 4) is 5.75 Å². The maximum atomic E-state index is 6.03. The van der Waals surface area contributed by atoms with Gasteiger partial charge >= 0.3 is 0 Å². The number of hydrogen-bond donors (Lipinski definition) is 0. The second-order valence-corrected chi connectivity index (χ2v) is 6.83. The van der Waals surface area contributed by atoms with Crippen LogP contribution >= 0.6 is 11.6 Å². The zero-order valence-electron chi connectivity index (χ0n) is 11.7. The van der Waals surface area contributed by atoms with Crippen molar-refractivity contribution in [2.45, 2.75) is 37.7 Å². The molecule has 0 aromatic heterocycles. The topological polar surface area (TPSA) is 12.5 Å². The van der Waals surface area contributed by atoms with Gasteiger partial charge in [0.1, 0.15) is 11.9 Å². The quantitative estimate of drug-likeness (QED) is 0.785. The third-order valence-corrected chi connectivity index (χ3v) is 4.58. The van der Waals surface area contributed by atoms with E-state index >= 15 is 0 Å². The van der Waals surface area contributed by atoms with Crippen molar-refractivity contribution in [1.82, 2.24) is 4.90 Å². The highest BCUT2D eigenvalue weighted by Gasteiger charge is 2.29. The standard InChI is InChI=1S/C16H22ClNO/c1-11-3-4-16-13(5-11)8-15(19-16)10-18(2)9-12-6-14(17)7-12/h3-5,12,14-15H,6-10H2,1-2H3. The molecule has 0 N–H and O–H groups in total. The average Bonchev–Trinajstić information content (AvgIpc) is 2.68. The molecule has 1 aliphatic heterocycles. The van der Waals surface area contributed by atoms with Gasteiger partial charge in [-0.3, -0.25) is 0 Å². The summed E-state index contributed by atoms with van der Waals surface area (Å²) in [6.45, 7) is 4.30. The lowest BCUT2D eigenvalue weighted by Gasteiger charge is -2.34. The van der Waals surface area contributed by atoms with Crippen molar-refractivity contribution in [2.24, 2.45) is 5.92 Å². The monoisotopic (exact) mass is 279 g/mol. The molecule has 0 radical (unpaired) electrons. The van der Waals surface area contributed by atoms with Crippen LogP contribution in [0.1, 0.15) is 24.0 Å². The highest BCUT2D eigenvalue weighted by atomic mass is 35.5. The highest BCUT2D eigenvalue weighted by Crippen LogP contribution is 2.33. The van der Waals surface area contributed by atoms with Gasteiger partial charge in [-0.1, -0.05) is 17.7 Å². The van der Waals surface area contributed by atoms with Gasteiger partial charge in [0.25, 0.3) is 0 Å². The average molecular weight is 280 g/mol. The van der Waals surface area contributed by atoms with Crippen LogP contribution in [0.2, 0.25) is 0 Å². The Labute approximate surface area is 120 Å². The van der Waals surface area contributed by atoms with Gasteiger partial charge in [-0.15, -0.1) is 11.6 Å². The first-order chi connectivity index (χ1) is 9.10. The van der Waals surface area contributed by atoms with Crippen molar-refractivity contribution in [1.29, 1.82) is 0 Å². The Balaban J connectivity index is 1.50. The van der Waals surface area contributed by atoms with Crippen LogP contribution in [-0.4, -0.2) is 36.5 Å². The van der Waals surface area contributed by atoms with Crippen LogP contribution < -0.4 is 4.74 Å². The lowest BCUT2D eigenvalue weighted by atomic mass is 9.84. The number of alkyl halides is 1. The minimum absolute atomic E-state index is 0.314. The predicted octanol–water partition coefficient (Wildman–Crippen LogP) is 3.25. The summed E-state index contributed by atoms with van der Waals surface area (Å²) < 4.78 is 6.02. The van der Waals surface area contributed by atoms with E-state index < -0.39 is 0 Å². The van der Waals surface area contributed by atoms with Crippen LogP contribution in [0.3, 0.4) is 0 Å². The highest BCUT2D eigenvalue weighted by molar-refractivity contribution is 6.21. The van der Waals surface area contributed by atoms with Gasteiger partial charge in [-0.25, -0.2) is 0 Å². The van der Waals surface area contributed by atoms with E-state index in [4.69, 9.17) is 16.3 Å². The first-order valence-electron chi connectivity index (χ1n) is 7.19. The Kier molecular flexibility index (Phi) is 3.72. The minimum Gasteiger partial charge on any atom is -0.488 e. The number of aryl methyl sites for hydroxylation is 1. The zero-order chi connectivity index (χ0) is 13.4. The van der Waals surface area contributed by atoms with Crippen LogP contribution in [0.5, 0.6) is 5.75 Å². The van der Waals surface area contributed by atoms with Crippen LogP contribution in [0.25, 0.3) is 0 Å². The first-order valence-corrected chi connectivity index (χ1v) is 7.62. The van der Waals surface area contributed by atoms with Crippen molar-refractivity contribution >= 4 is 11.6 Å². The van der Waals surface area contributed by atoms with Gasteiger partial charge in [0.05, 0.1) is 0 Å². The summed E-state index contributed by atoms with van der Waals surface area (Å²) >= 11 is 6.03. The summed E-state index contributed by atoms with van der Waals surface area (Å²) in [7, 11) is 2.19. The maximum absolute atomic E-state index is 6.03. The van der Waals surface area contributed by atoms with Gasteiger partial charge < -0.3 is 9.64 Å². The number of ether oxygens (including phenoxy) is 1. The molecule has 104 valence electrons. The van der Waals surface area contributed by atoms with E-state index in [9.17, 15) is 0 Å². The Hall–Kier alpha value is -0.730. The van der Waals surface area contributed by atoms with Crippen LogP contribution in [0.4, 0.5) is 0 Å². The van der Waals surface area contributed by atoms with Crippen molar-refractivity contribution in [3.05, 3.63) is 29.3 Å². The fourth-order valence-corrected chi connectivity index (χ4v) is 3.72. The van der Waals surface area contributed by atoms with E-state index in [-0.39, 0.29) is 0 Å². The molecule has 0 bridgehead atoms. The summed E-state index contributed by atoms with van der Waals surface area (Å²) in [5, 5.41) is 0.424. The molecule has 1 unspecified atom stereocenters. The summed E-state index contributed by atoms with van der Waals surface area (Å²) in [4.78, 5) is 2.40. The number of halogens is 1. The minimum atomic E-state index is 0.314. The Bertz CT molecular complexity index is 456. The van der Waals surface area contributed by atoms with E-state index in [0.717, 1.165) is 31.2 Å². The molecule has 2 nitrogen and oxygen atoms in total. The SMILES string of the molecule is Cc1ccc2c(c1)CC(CN(C)CC1CC(Cl)C1)O2. The van der Waals surface area contributed by atoms with Crippen LogP contribution in [-0.2, 0) is 6.42 Å². The molecule has 0 spiro atoms. The molecule has 1 fully saturated rings. The van der Waals surface area contributed by atoms with Crippen molar-refractivity contribution in [2.75, 3.05) is 20.1 Å². The van der Waals surface area contributed by atoms with Crippen molar-refractivity contribution in [3.63, 3.8) is 0 Å². The second-order valence-electron chi connectivity index (χ2n) is 6.21. The fraction of sp³-hybridized carbons (Fsp3) is 0.625. The largest absolute Gasteiger partial charge is 0.488 e. The first kappa shape index (κ1) is 13.3. The number of nitrogens with zero attached hydrogens (tertiary/aromatic N) is 1. The van der Waals surface area contributed by atoms with Crippen LogP contribution in [0, 0.1) is 12.8 Å². The smallest absolute Gasteiger partial charge is 0.123 e. The summed E-state index contributed by atoms with van der Waals surface area (Å²) in [6, 6.07) is 6.48. The van der Waals surface area contributed by atoms with E-state index in [0.29, 0.717) is 11.5 Å². The van der Waals surface area contributed by atoms with E-state index in [1.807, 2.05) is 0 Å². The molecule has 0 amide bonds. The molecule has 2 aliphatic rings. The summed E-state index contributed by atoms with van der Waals surface area (Å²) in [6.07, 6.45) is 3.71. The summed E-state index contributed by atoms with van der Waals surface area (Å²) in [5.74, 6) is 1.87. The third-order valence-electron chi connectivity index (χ3n) is 4.22. The number of benzene rings is 1. The Morgan fingerprint density at radius 1 is 1.32 bits per heavy atom. The van der Waals surface area contributed by atoms with E-state index in [2.05, 4.69) is 37.1 Å². The maximum Gasteiger partial charge on any atom is 0.123 e. The van der Waals surface area contributed by atoms with Crippen LogP contribution in [0.15, 0.2) is 18.2 Å². The fourth-order valence-electron chi connectivity index (χ4n) is 3.22. The normalized spacial score (nSPS) is 28.9. The van der Waals surface area contributed by atoms with E-state index in [1.165, 1.54) is 24.0 Å². The molecule has 1 aromatic carbocycles. The Morgan fingerprint density at radius 3 is 2.84 bits per heavy atom. The van der Waals surface area contributed by atoms with E-state index in [1.54, 1.807) is 0 Å². The van der Waals surface area contributed by atoms with Gasteiger partial charge in [-0.2, -0.15) is 0 Å². The molecule has 19 heavy (non-hydrogen) atoms. The molecular weight excluding hydrogens is 258 g/mol. The Morgan fingerprint density at radius 2 is 2.11 bits per heavy atom. The van der Waals surface area contributed by atoms with Crippen molar-refractivity contribution < 1.29 is 4.74 Å². The molecule has 0 saturated heterocycles. The number of likely N-dealkylation sites (N-methyl/N-ethyl adjacent to an activating group) is 1. The van der Waals surface area contributed by atoms with Gasteiger partial charge in [0.2, 0.25) is 0 Å². The molecular formula is C16H22ClNO. The lowest BCUT2D eigenvalue weighted by Crippen LogP contribution is -2.39. The molecule has 1 heterocycles. The number of rotatable bonds is 4. The van der Waals surface area contributed by atoms with Gasteiger partial charge in [0, 0.05) is 24.9 Å². The predicted molar refractivity (Wildman–Crippen MR) is 79.2 cm³/mol. The molecule has 3 rings (SSSR count). The third kappa shape index (κ3) is 3.06. The lowest BCUT2D eigenvalue weighted by molar-refractivity contribution is 0.139. The molecule has 1 saturated carbocycles. The van der Waals surface area contributed by atoms with Gasteiger partial charge in [-0.05, 0) is 44.4 Å². The second kappa shape index (κ2) is 5.34. The number of hydrogen-bond acceptors (Lipinski definition) is 2. The molecule has 1 atom stereocenters. The molecule has 1 aromatic rings. The number of fused-ring (bicyclic) bond motifs is 1.